The number of nitrogens with zero attached hydrogens (tertiary/aromatic N) is 3. The highest BCUT2D eigenvalue weighted by Crippen LogP contribution is 2.33. The molecule has 0 atom stereocenters. The molecular weight excluding hydrogens is 402 g/mol. The van der Waals surface area contributed by atoms with Gasteiger partial charge in [-0.1, -0.05) is 18.2 Å². The van der Waals surface area contributed by atoms with Gasteiger partial charge in [-0.25, -0.2) is 9.97 Å². The average molecular weight is 421 g/mol. The van der Waals surface area contributed by atoms with Gasteiger partial charge in [0.2, 0.25) is 5.88 Å². The molecule has 0 aliphatic carbocycles. The zero-order chi connectivity index (χ0) is 21.9. The molecule has 0 bridgehead atoms. The predicted octanol–water partition coefficient (Wildman–Crippen LogP) is 4.96. The maximum atomic E-state index is 9.37. The lowest BCUT2D eigenvalue weighted by atomic mass is 10.0. The molecule has 156 valence electrons. The van der Waals surface area contributed by atoms with Crippen molar-refractivity contribution in [3.63, 3.8) is 0 Å². The molecule has 0 radical (unpaired) electrons. The van der Waals surface area contributed by atoms with Crippen LogP contribution in [0.15, 0.2) is 77.7 Å². The maximum Gasteiger partial charge on any atom is 0.213 e. The fraction of sp³-hybridized carbons (Fsp3) is 0.0800. The number of pyridine rings is 2. The lowest BCUT2D eigenvalue weighted by Gasteiger charge is -2.10. The number of aromatic nitrogens is 3. The van der Waals surface area contributed by atoms with Crippen LogP contribution < -0.4 is 10.5 Å². The summed E-state index contributed by atoms with van der Waals surface area (Å²) in [6.45, 7) is 0.508. The van der Waals surface area contributed by atoms with E-state index in [2.05, 4.69) is 33.2 Å². The van der Waals surface area contributed by atoms with Crippen LogP contribution in [0.3, 0.4) is 0 Å². The van der Waals surface area contributed by atoms with E-state index in [9.17, 15) is 5.26 Å². The highest BCUT2D eigenvalue weighted by molar-refractivity contribution is 5.83. The van der Waals surface area contributed by atoms with Gasteiger partial charge in [-0.2, -0.15) is 5.26 Å². The van der Waals surface area contributed by atoms with Gasteiger partial charge in [0.05, 0.1) is 18.4 Å². The second-order valence-corrected chi connectivity index (χ2v) is 7.25. The standard InChI is InChI=1S/C25H19N5O2/c26-13-18-12-20(24(30-25(18)27)22-6-3-10-31-22)16-7-8-23(29-15-16)32-11-9-17-14-28-21-5-2-1-4-19(17)21/h1-8,10,12,14-15,28H,9,11H2,(H2,27,30). The molecule has 5 rings (SSSR count). The summed E-state index contributed by atoms with van der Waals surface area (Å²) in [7, 11) is 0. The minimum absolute atomic E-state index is 0.160. The number of nitrogens with two attached hydrogens (primary N) is 1. The van der Waals surface area contributed by atoms with Gasteiger partial charge in [0.15, 0.2) is 5.76 Å². The largest absolute Gasteiger partial charge is 0.477 e. The molecule has 5 aromatic rings. The van der Waals surface area contributed by atoms with Crippen LogP contribution in [0.2, 0.25) is 0 Å². The number of para-hydroxylation sites is 1. The highest BCUT2D eigenvalue weighted by Gasteiger charge is 2.16. The van der Waals surface area contributed by atoms with Crippen LogP contribution in [0.1, 0.15) is 11.1 Å². The molecule has 3 N–H and O–H groups in total. The van der Waals surface area contributed by atoms with E-state index >= 15 is 0 Å². The van der Waals surface area contributed by atoms with Crippen molar-refractivity contribution in [2.75, 3.05) is 12.3 Å². The fourth-order valence-corrected chi connectivity index (χ4v) is 3.67. The highest BCUT2D eigenvalue weighted by atomic mass is 16.5. The Hall–Kier alpha value is -4.57. The van der Waals surface area contributed by atoms with Crippen LogP contribution in [0, 0.1) is 11.3 Å². The Morgan fingerprint density at radius 1 is 1.12 bits per heavy atom. The lowest BCUT2D eigenvalue weighted by Crippen LogP contribution is -2.02. The summed E-state index contributed by atoms with van der Waals surface area (Å²) in [5.74, 6) is 1.25. The molecule has 32 heavy (non-hydrogen) atoms. The van der Waals surface area contributed by atoms with Crippen LogP contribution in [0.4, 0.5) is 5.82 Å². The minimum Gasteiger partial charge on any atom is -0.477 e. The number of rotatable bonds is 6. The average Bonchev–Trinajstić information content (AvgIpc) is 3.50. The zero-order valence-electron chi connectivity index (χ0n) is 17.1. The molecule has 0 saturated carbocycles. The van der Waals surface area contributed by atoms with E-state index < -0.39 is 0 Å². The topological polar surface area (TPSA) is 114 Å². The third-order valence-electron chi connectivity index (χ3n) is 5.27. The van der Waals surface area contributed by atoms with Crippen LogP contribution in [0.25, 0.3) is 33.5 Å². The summed E-state index contributed by atoms with van der Waals surface area (Å²) < 4.78 is 11.4. The number of aromatic amines is 1. The quantitative estimate of drug-likeness (QED) is 0.400. The lowest BCUT2D eigenvalue weighted by molar-refractivity contribution is 0.310. The fourth-order valence-electron chi connectivity index (χ4n) is 3.67. The Balaban J connectivity index is 1.35. The number of nitrogens with one attached hydrogen (secondary N) is 1. The molecule has 1 aromatic carbocycles. The van der Waals surface area contributed by atoms with Gasteiger partial charge in [-0.3, -0.25) is 0 Å². The predicted molar refractivity (Wildman–Crippen MR) is 122 cm³/mol. The van der Waals surface area contributed by atoms with Crippen LogP contribution in [0.5, 0.6) is 5.88 Å². The Morgan fingerprint density at radius 2 is 2.03 bits per heavy atom. The zero-order valence-corrected chi connectivity index (χ0v) is 17.1. The summed E-state index contributed by atoms with van der Waals surface area (Å²) in [4.78, 5) is 12.1. The van der Waals surface area contributed by atoms with Crippen molar-refractivity contribution < 1.29 is 9.15 Å². The van der Waals surface area contributed by atoms with Crippen LogP contribution in [-0.4, -0.2) is 21.6 Å². The number of H-pyrrole nitrogens is 1. The van der Waals surface area contributed by atoms with E-state index in [0.717, 1.165) is 17.5 Å². The van der Waals surface area contributed by atoms with Crippen molar-refractivity contribution in [1.82, 2.24) is 15.0 Å². The van der Waals surface area contributed by atoms with E-state index in [0.29, 0.717) is 35.1 Å². The Bertz CT molecular complexity index is 1410. The number of anilines is 1. The monoisotopic (exact) mass is 421 g/mol. The molecule has 0 fully saturated rings. The smallest absolute Gasteiger partial charge is 0.213 e. The number of nitriles is 1. The molecule has 0 unspecified atom stereocenters. The van der Waals surface area contributed by atoms with E-state index in [1.165, 1.54) is 10.9 Å². The number of hydrogen-bond donors (Lipinski definition) is 2. The van der Waals surface area contributed by atoms with Crippen molar-refractivity contribution in [3.8, 4) is 34.5 Å². The van der Waals surface area contributed by atoms with Gasteiger partial charge in [-0.05, 0) is 35.9 Å². The first kappa shape index (κ1) is 19.4. The molecule has 7 heteroatoms. The summed E-state index contributed by atoms with van der Waals surface area (Å²) in [6, 6.07) is 19.2. The van der Waals surface area contributed by atoms with E-state index in [1.54, 1.807) is 36.7 Å². The number of fused-ring (bicyclic) bond motifs is 1. The molecule has 4 aromatic heterocycles. The third kappa shape index (κ3) is 3.66. The van der Waals surface area contributed by atoms with E-state index in [1.807, 2.05) is 24.4 Å². The van der Waals surface area contributed by atoms with Gasteiger partial charge in [0, 0.05) is 46.9 Å². The van der Waals surface area contributed by atoms with Crippen LogP contribution in [-0.2, 0) is 6.42 Å². The second-order valence-electron chi connectivity index (χ2n) is 7.25. The number of nitrogen functional groups attached to an aromatic ring is 1. The number of furan rings is 1. The molecule has 0 spiro atoms. The Labute approximate surface area is 184 Å². The van der Waals surface area contributed by atoms with Gasteiger partial charge in [0.1, 0.15) is 17.6 Å². The van der Waals surface area contributed by atoms with Gasteiger partial charge < -0.3 is 19.9 Å². The van der Waals surface area contributed by atoms with E-state index in [4.69, 9.17) is 14.9 Å². The SMILES string of the molecule is N#Cc1cc(-c2ccc(OCCc3c[nH]c4ccccc34)nc2)c(-c2ccco2)nc1N. The third-order valence-corrected chi connectivity index (χ3v) is 5.27. The van der Waals surface area contributed by atoms with Crippen molar-refractivity contribution in [3.05, 3.63) is 84.4 Å². The molecular formula is C25H19N5O2. The summed E-state index contributed by atoms with van der Waals surface area (Å²) in [6.07, 6.45) is 6.05. The second kappa shape index (κ2) is 8.28. The van der Waals surface area contributed by atoms with Gasteiger partial charge >= 0.3 is 0 Å². The minimum atomic E-state index is 0.160. The molecule has 0 amide bonds. The van der Waals surface area contributed by atoms with E-state index in [-0.39, 0.29) is 5.82 Å². The van der Waals surface area contributed by atoms with Gasteiger partial charge in [0.25, 0.3) is 0 Å². The number of benzene rings is 1. The van der Waals surface area contributed by atoms with Gasteiger partial charge in [-0.15, -0.1) is 0 Å². The summed E-state index contributed by atoms with van der Waals surface area (Å²) >= 11 is 0. The first-order valence-electron chi connectivity index (χ1n) is 10.1. The first-order chi connectivity index (χ1) is 15.7. The van der Waals surface area contributed by atoms with Crippen molar-refractivity contribution in [2.45, 2.75) is 6.42 Å². The number of ether oxygens (including phenoxy) is 1. The van der Waals surface area contributed by atoms with Crippen LogP contribution >= 0.6 is 0 Å². The maximum absolute atomic E-state index is 9.37. The Morgan fingerprint density at radius 3 is 2.81 bits per heavy atom. The van der Waals surface area contributed by atoms with Crippen molar-refractivity contribution >= 4 is 16.7 Å². The summed E-state index contributed by atoms with van der Waals surface area (Å²) in [5, 5.41) is 10.6. The Kier molecular flexibility index (Phi) is 5.02. The molecule has 0 aliphatic rings. The first-order valence-corrected chi connectivity index (χ1v) is 10.1. The number of hydrogen-bond acceptors (Lipinski definition) is 6. The van der Waals surface area contributed by atoms with Crippen molar-refractivity contribution in [2.24, 2.45) is 0 Å². The molecule has 4 heterocycles. The molecule has 0 aliphatic heterocycles. The molecule has 0 saturated heterocycles. The molecule has 7 nitrogen and oxygen atoms in total. The normalized spacial score (nSPS) is 10.8. The summed E-state index contributed by atoms with van der Waals surface area (Å²) in [5.41, 5.74) is 10.6. The van der Waals surface area contributed by atoms with Crippen molar-refractivity contribution in [1.29, 1.82) is 5.26 Å².